The molecule has 2 aliphatic heterocycles. The number of fused-ring (bicyclic) bond motifs is 6. The van der Waals surface area contributed by atoms with Crippen LogP contribution in [-0.4, -0.2) is 60.8 Å². The van der Waals surface area contributed by atoms with Crippen LogP contribution in [-0.2, 0) is 31.1 Å². The zero-order valence-electron chi connectivity index (χ0n) is 30.9. The maximum Gasteiger partial charge on any atom is 0.210 e. The average molecular weight is 784 g/mol. The summed E-state index contributed by atoms with van der Waals surface area (Å²) in [5, 5.41) is 5.19. The predicted octanol–water partition coefficient (Wildman–Crippen LogP) is 8.69. The highest BCUT2D eigenvalue weighted by atomic mass is 35.5. The first-order chi connectivity index (χ1) is 25.5. The Morgan fingerprint density at radius 1 is 0.741 bits per heavy atom. The van der Waals surface area contributed by atoms with Gasteiger partial charge in [-0.25, -0.2) is 16.8 Å². The normalized spacial score (nSPS) is 19.7. The molecule has 4 aromatic rings. The first-order valence-electron chi connectivity index (χ1n) is 18.3. The van der Waals surface area contributed by atoms with Crippen LogP contribution in [0.2, 0.25) is 0 Å². The molecule has 0 bridgehead atoms. The molecule has 1 aliphatic carbocycles. The topological polar surface area (TPSA) is 121 Å². The summed E-state index contributed by atoms with van der Waals surface area (Å²) in [6.07, 6.45) is 10.2. The van der Waals surface area contributed by atoms with Crippen LogP contribution in [0, 0.1) is 0 Å². The van der Waals surface area contributed by atoms with Crippen LogP contribution in [0.25, 0.3) is 21.5 Å². The molecule has 4 aromatic carbocycles. The Labute approximate surface area is 323 Å². The Morgan fingerprint density at radius 2 is 1.35 bits per heavy atom. The molecule has 7 rings (SSSR count). The maximum absolute atomic E-state index is 11.5. The molecule has 0 aromatic heterocycles. The van der Waals surface area contributed by atoms with E-state index < -0.39 is 42.6 Å². The number of rotatable bonds is 11. The minimum absolute atomic E-state index is 0.205. The van der Waals surface area contributed by atoms with E-state index in [2.05, 4.69) is 110 Å². The van der Waals surface area contributed by atoms with Gasteiger partial charge in [-0.2, -0.15) is 4.58 Å². The Kier molecular flexibility index (Phi) is 10.1. The molecule has 0 radical (unpaired) electrons. The molecule has 0 fully saturated rings. The number of nitrogens with zero attached hydrogens (tertiary/aromatic N) is 2. The number of hydrogen-bond donors (Lipinski definition) is 0. The zero-order chi connectivity index (χ0) is 38.6. The van der Waals surface area contributed by atoms with Crippen molar-refractivity contribution < 1.29 is 30.5 Å². The molecular weight excluding hydrogens is 740 g/mol. The second kappa shape index (κ2) is 14.2. The second-order valence-corrected chi connectivity index (χ2v) is 18.9. The highest BCUT2D eigenvalue weighted by molar-refractivity contribution is 7.85. The minimum Gasteiger partial charge on any atom is -0.748 e. The van der Waals surface area contributed by atoms with Crippen molar-refractivity contribution in [3.63, 3.8) is 0 Å². The van der Waals surface area contributed by atoms with Crippen molar-refractivity contribution in [1.29, 1.82) is 0 Å². The van der Waals surface area contributed by atoms with Crippen LogP contribution >= 0.6 is 11.6 Å². The van der Waals surface area contributed by atoms with Gasteiger partial charge in [0.25, 0.3) is 0 Å². The molecule has 282 valence electrons. The Bertz CT molecular complexity index is 2580. The SMILES string of the molecule is CC1(C)C(/C=C/C2=C(Cl)C(=C/C=C3/N(CCCS(=O)(=O)[O-])c4ccc5ccccc5c4C3(C)C)/CC2)=[N+](CCCS(=O)(=O)[O-])c2ccc3ccccc3c21. The lowest BCUT2D eigenvalue weighted by Gasteiger charge is -2.27. The number of halogens is 1. The Morgan fingerprint density at radius 3 is 2.02 bits per heavy atom. The van der Waals surface area contributed by atoms with Gasteiger partial charge in [-0.15, -0.1) is 0 Å². The molecule has 0 unspecified atom stereocenters. The van der Waals surface area contributed by atoms with E-state index in [-0.39, 0.29) is 12.8 Å². The van der Waals surface area contributed by atoms with E-state index in [1.54, 1.807) is 0 Å². The van der Waals surface area contributed by atoms with Gasteiger partial charge in [-0.1, -0.05) is 92.2 Å². The summed E-state index contributed by atoms with van der Waals surface area (Å²) in [6, 6.07) is 24.8. The lowest BCUT2D eigenvalue weighted by atomic mass is 9.79. The molecule has 54 heavy (non-hydrogen) atoms. The molecule has 0 N–H and O–H groups in total. The van der Waals surface area contributed by atoms with Crippen molar-refractivity contribution in [3.8, 4) is 0 Å². The quantitative estimate of drug-likeness (QED) is 0.110. The molecule has 11 heteroatoms. The molecule has 0 amide bonds. The first-order valence-corrected chi connectivity index (χ1v) is 21.8. The largest absolute Gasteiger partial charge is 0.748 e. The van der Waals surface area contributed by atoms with Gasteiger partial charge >= 0.3 is 0 Å². The smallest absolute Gasteiger partial charge is 0.210 e. The molecule has 0 saturated carbocycles. The van der Waals surface area contributed by atoms with E-state index in [0.717, 1.165) is 79.4 Å². The van der Waals surface area contributed by atoms with E-state index >= 15 is 0 Å². The number of benzene rings is 4. The second-order valence-electron chi connectivity index (χ2n) is 15.4. The lowest BCUT2D eigenvalue weighted by Crippen LogP contribution is -2.28. The summed E-state index contributed by atoms with van der Waals surface area (Å²) in [4.78, 5) is 2.14. The van der Waals surface area contributed by atoms with Gasteiger partial charge in [0.2, 0.25) is 5.69 Å². The van der Waals surface area contributed by atoms with Gasteiger partial charge in [0, 0.05) is 64.0 Å². The number of allylic oxidation sites excluding steroid dienone is 8. The molecule has 3 aliphatic rings. The van der Waals surface area contributed by atoms with E-state index in [0.29, 0.717) is 18.1 Å². The summed E-state index contributed by atoms with van der Waals surface area (Å²) >= 11 is 7.12. The highest BCUT2D eigenvalue weighted by Crippen LogP contribution is 2.51. The van der Waals surface area contributed by atoms with E-state index in [9.17, 15) is 25.9 Å². The fourth-order valence-electron chi connectivity index (χ4n) is 8.72. The number of anilines is 1. The summed E-state index contributed by atoms with van der Waals surface area (Å²) < 4.78 is 71.3. The van der Waals surface area contributed by atoms with Crippen molar-refractivity contribution >= 4 is 70.5 Å². The van der Waals surface area contributed by atoms with E-state index in [1.165, 1.54) is 0 Å². The summed E-state index contributed by atoms with van der Waals surface area (Å²) in [6.45, 7) is 9.46. The molecule has 0 atom stereocenters. The van der Waals surface area contributed by atoms with Gasteiger partial charge in [0.05, 0.1) is 25.7 Å². The Hall–Kier alpha value is -4.06. The van der Waals surface area contributed by atoms with Gasteiger partial charge in [0.15, 0.2) is 5.71 Å². The van der Waals surface area contributed by atoms with Crippen molar-refractivity contribution in [2.75, 3.05) is 29.5 Å². The molecule has 2 heterocycles. The van der Waals surface area contributed by atoms with Crippen molar-refractivity contribution in [3.05, 3.63) is 130 Å². The molecule has 8 nitrogen and oxygen atoms in total. The fraction of sp³-hybridized carbons (Fsp3) is 0.326. The van der Waals surface area contributed by atoms with Crippen molar-refractivity contribution in [2.24, 2.45) is 0 Å². The monoisotopic (exact) mass is 783 g/mol. The predicted molar refractivity (Wildman–Crippen MR) is 217 cm³/mol. The summed E-state index contributed by atoms with van der Waals surface area (Å²) in [7, 11) is -8.70. The third-order valence-corrected chi connectivity index (χ3v) is 13.2. The minimum atomic E-state index is -4.35. The summed E-state index contributed by atoms with van der Waals surface area (Å²) in [5.41, 5.74) is 7.49. The van der Waals surface area contributed by atoms with Gasteiger partial charge in [-0.05, 0) is 89.6 Å². The van der Waals surface area contributed by atoms with Gasteiger partial charge in [0.1, 0.15) is 6.54 Å². The van der Waals surface area contributed by atoms with Crippen LogP contribution in [0.3, 0.4) is 0 Å². The van der Waals surface area contributed by atoms with E-state index in [1.807, 2.05) is 24.3 Å². The van der Waals surface area contributed by atoms with Crippen LogP contribution in [0.4, 0.5) is 11.4 Å². The zero-order valence-corrected chi connectivity index (χ0v) is 33.3. The van der Waals surface area contributed by atoms with Crippen LogP contribution < -0.4 is 4.90 Å². The number of hydrogen-bond acceptors (Lipinski definition) is 7. The lowest BCUT2D eigenvalue weighted by molar-refractivity contribution is -0.437. The third-order valence-electron chi connectivity index (χ3n) is 11.2. The van der Waals surface area contributed by atoms with Crippen LogP contribution in [0.5, 0.6) is 0 Å². The van der Waals surface area contributed by atoms with Crippen LogP contribution in [0.15, 0.2) is 119 Å². The van der Waals surface area contributed by atoms with Crippen LogP contribution in [0.1, 0.15) is 64.5 Å². The molecular formula is C43H44ClN2O6S2-. The standard InChI is InChI=1S/C43H45ClN2O6S2/c1-42(2)37(45(25-9-27-53(47,48)49)35-21-17-29-11-5-7-13-33(29)39(35)42)23-19-31-15-16-32(41(31)44)20-24-38-43(3,4)40-34-14-8-6-12-30(34)18-22-36(40)46(38)26-10-28-54(50,51)52/h5-8,11-14,17-24H,9-10,15-16,25-28H2,1-4H3,(H-,47,48,49,50,51,52)/p-1. The van der Waals surface area contributed by atoms with E-state index in [4.69, 9.17) is 11.6 Å². The Balaban J connectivity index is 1.24. The summed E-state index contributed by atoms with van der Waals surface area (Å²) in [5.74, 6) is -0.866. The molecule has 0 spiro atoms. The first kappa shape index (κ1) is 38.2. The third kappa shape index (κ3) is 7.22. The van der Waals surface area contributed by atoms with Gasteiger partial charge < -0.3 is 14.0 Å². The molecule has 0 saturated heterocycles. The maximum atomic E-state index is 11.5. The fourth-order valence-corrected chi connectivity index (χ4v) is 10.00. The van der Waals surface area contributed by atoms with Crippen molar-refractivity contribution in [1.82, 2.24) is 0 Å². The van der Waals surface area contributed by atoms with Crippen molar-refractivity contribution in [2.45, 2.75) is 64.2 Å². The van der Waals surface area contributed by atoms with Gasteiger partial charge in [-0.3, -0.25) is 0 Å². The average Bonchev–Trinajstić information content (AvgIpc) is 3.64. The highest BCUT2D eigenvalue weighted by Gasteiger charge is 2.45.